The molecule has 1 heterocycles. The summed E-state index contributed by atoms with van der Waals surface area (Å²) in [4.78, 5) is -0.198. The lowest BCUT2D eigenvalue weighted by atomic mass is 10.3. The SMILES string of the molecule is Cc1csc(C=C(C#N)S(=O)(=O)c2ccc(OC(F)(F)F)cc2)c1. The average molecular weight is 373 g/mol. The third kappa shape index (κ3) is 4.37. The van der Waals surface area contributed by atoms with Gasteiger partial charge in [-0.3, -0.25) is 0 Å². The molecule has 2 rings (SSSR count). The van der Waals surface area contributed by atoms with E-state index in [-0.39, 0.29) is 4.90 Å². The molecule has 2 aromatic rings. The second-order valence-electron chi connectivity index (χ2n) is 4.67. The molecule has 0 saturated heterocycles. The van der Waals surface area contributed by atoms with Crippen molar-refractivity contribution in [2.75, 3.05) is 0 Å². The summed E-state index contributed by atoms with van der Waals surface area (Å²) in [6.07, 6.45) is -3.64. The van der Waals surface area contributed by atoms with Crippen molar-refractivity contribution in [3.8, 4) is 11.8 Å². The lowest BCUT2D eigenvalue weighted by Crippen LogP contribution is -2.17. The van der Waals surface area contributed by atoms with Gasteiger partial charge < -0.3 is 4.74 Å². The molecule has 1 aromatic carbocycles. The van der Waals surface area contributed by atoms with Crippen LogP contribution in [-0.4, -0.2) is 14.8 Å². The van der Waals surface area contributed by atoms with Crippen LogP contribution in [0.3, 0.4) is 0 Å². The number of hydrogen-bond donors (Lipinski definition) is 0. The van der Waals surface area contributed by atoms with Crippen LogP contribution in [0.25, 0.3) is 6.08 Å². The molecular weight excluding hydrogens is 363 g/mol. The van der Waals surface area contributed by atoms with Gasteiger partial charge in [-0.25, -0.2) is 8.42 Å². The molecule has 126 valence electrons. The van der Waals surface area contributed by atoms with Crippen LogP contribution in [0.2, 0.25) is 0 Å². The third-order valence-electron chi connectivity index (χ3n) is 2.79. The maximum absolute atomic E-state index is 12.4. The van der Waals surface area contributed by atoms with Crippen LogP contribution in [0.5, 0.6) is 5.75 Å². The van der Waals surface area contributed by atoms with Crippen LogP contribution in [-0.2, 0) is 9.84 Å². The molecule has 0 saturated carbocycles. The standard InChI is InChI=1S/C15H10F3NO3S2/c1-10-6-12(23-9-10)7-14(8-19)24(20,21)13-4-2-11(3-5-13)22-15(16,17)18/h2-7,9H,1H3. The summed E-state index contributed by atoms with van der Waals surface area (Å²) in [5.74, 6) is -0.544. The quantitative estimate of drug-likeness (QED) is 0.750. The first-order valence-electron chi connectivity index (χ1n) is 6.39. The molecule has 0 spiro atoms. The number of hydrogen-bond acceptors (Lipinski definition) is 5. The Balaban J connectivity index is 2.35. The average Bonchev–Trinajstić information content (AvgIpc) is 2.89. The van der Waals surface area contributed by atoms with E-state index in [1.807, 2.05) is 6.92 Å². The Morgan fingerprint density at radius 3 is 2.38 bits per heavy atom. The van der Waals surface area contributed by atoms with Gasteiger partial charge >= 0.3 is 6.36 Å². The summed E-state index contributed by atoms with van der Waals surface area (Å²) in [5, 5.41) is 10.9. The van der Waals surface area contributed by atoms with Gasteiger partial charge in [0.05, 0.1) is 4.90 Å². The van der Waals surface area contributed by atoms with Crippen molar-refractivity contribution in [3.05, 3.63) is 51.1 Å². The van der Waals surface area contributed by atoms with Crippen LogP contribution in [0.4, 0.5) is 13.2 Å². The molecule has 0 aliphatic heterocycles. The van der Waals surface area contributed by atoms with Gasteiger partial charge in [0.2, 0.25) is 9.84 Å². The zero-order valence-electron chi connectivity index (χ0n) is 12.2. The summed E-state index contributed by atoms with van der Waals surface area (Å²) >= 11 is 1.28. The number of rotatable bonds is 4. The lowest BCUT2D eigenvalue weighted by Gasteiger charge is -2.09. The largest absolute Gasteiger partial charge is 0.573 e. The highest BCUT2D eigenvalue weighted by Crippen LogP contribution is 2.27. The van der Waals surface area contributed by atoms with Crippen LogP contribution in [0.15, 0.2) is 45.5 Å². The molecule has 0 atom stereocenters. The van der Waals surface area contributed by atoms with Gasteiger partial charge in [-0.1, -0.05) is 0 Å². The van der Waals surface area contributed by atoms with E-state index in [4.69, 9.17) is 5.26 Å². The predicted octanol–water partition coefficient (Wildman–Crippen LogP) is 4.29. The minimum atomic E-state index is -4.87. The summed E-state index contributed by atoms with van der Waals surface area (Å²) in [5.41, 5.74) is 0.926. The number of aryl methyl sites for hydroxylation is 1. The molecule has 0 aliphatic rings. The van der Waals surface area contributed by atoms with Gasteiger partial charge in [-0.05, 0) is 54.3 Å². The smallest absolute Gasteiger partial charge is 0.406 e. The third-order valence-corrected chi connectivity index (χ3v) is 5.47. The molecule has 0 bridgehead atoms. The zero-order chi connectivity index (χ0) is 18.0. The minimum Gasteiger partial charge on any atom is -0.406 e. The topological polar surface area (TPSA) is 67.2 Å². The number of benzene rings is 1. The van der Waals surface area contributed by atoms with Crippen LogP contribution >= 0.6 is 11.3 Å². The number of thiophene rings is 1. The summed E-state index contributed by atoms with van der Waals surface area (Å²) < 4.78 is 64.9. The van der Waals surface area contributed by atoms with E-state index in [1.54, 1.807) is 17.5 Å². The van der Waals surface area contributed by atoms with Crippen molar-refractivity contribution in [3.63, 3.8) is 0 Å². The van der Waals surface area contributed by atoms with E-state index >= 15 is 0 Å². The monoisotopic (exact) mass is 373 g/mol. The van der Waals surface area contributed by atoms with Crippen LogP contribution in [0, 0.1) is 18.3 Å². The predicted molar refractivity (Wildman–Crippen MR) is 83.0 cm³/mol. The second kappa shape index (κ2) is 6.67. The molecule has 0 unspecified atom stereocenters. The number of allylic oxidation sites excluding steroid dienone is 1. The van der Waals surface area contributed by atoms with Crippen molar-refractivity contribution < 1.29 is 26.3 Å². The van der Waals surface area contributed by atoms with E-state index in [2.05, 4.69) is 4.74 Å². The molecule has 9 heteroatoms. The van der Waals surface area contributed by atoms with E-state index in [0.29, 0.717) is 4.88 Å². The van der Waals surface area contributed by atoms with E-state index in [1.165, 1.54) is 17.4 Å². The highest BCUT2D eigenvalue weighted by Gasteiger charge is 2.31. The number of nitrogens with zero attached hydrogens (tertiary/aromatic N) is 1. The fraction of sp³-hybridized carbons (Fsp3) is 0.133. The summed E-state index contributed by atoms with van der Waals surface area (Å²) in [6.45, 7) is 1.83. The van der Waals surface area contributed by atoms with Crippen LogP contribution < -0.4 is 4.74 Å². The Labute approximate surface area is 140 Å². The highest BCUT2D eigenvalue weighted by molar-refractivity contribution is 7.95. The maximum atomic E-state index is 12.4. The Hall–Kier alpha value is -2.31. The van der Waals surface area contributed by atoms with Crippen molar-refractivity contribution in [2.24, 2.45) is 0 Å². The number of halogens is 3. The number of ether oxygens (including phenoxy) is 1. The molecule has 4 nitrogen and oxygen atoms in total. The zero-order valence-corrected chi connectivity index (χ0v) is 13.8. The first kappa shape index (κ1) is 18.0. The highest BCUT2D eigenvalue weighted by atomic mass is 32.2. The first-order valence-corrected chi connectivity index (χ1v) is 8.76. The van der Waals surface area contributed by atoms with Gasteiger partial charge in [0.1, 0.15) is 11.8 Å². The number of sulfone groups is 1. The van der Waals surface area contributed by atoms with Gasteiger partial charge in [0, 0.05) is 4.88 Å². The number of alkyl halides is 3. The summed E-state index contributed by atoms with van der Waals surface area (Å²) in [7, 11) is -4.13. The van der Waals surface area contributed by atoms with Gasteiger partial charge in [-0.2, -0.15) is 5.26 Å². The fourth-order valence-electron chi connectivity index (χ4n) is 1.78. The Morgan fingerprint density at radius 2 is 1.92 bits per heavy atom. The summed E-state index contributed by atoms with van der Waals surface area (Å²) in [6, 6.07) is 7.02. The first-order chi connectivity index (χ1) is 11.1. The van der Waals surface area contributed by atoms with Crippen molar-refractivity contribution in [1.82, 2.24) is 0 Å². The molecule has 1 aromatic heterocycles. The molecule has 24 heavy (non-hydrogen) atoms. The fourth-order valence-corrected chi connectivity index (χ4v) is 3.83. The Bertz CT molecular complexity index is 905. The van der Waals surface area contributed by atoms with Gasteiger partial charge in [0.15, 0.2) is 4.91 Å². The second-order valence-corrected chi connectivity index (χ2v) is 7.53. The van der Waals surface area contributed by atoms with Gasteiger partial charge in [0.25, 0.3) is 0 Å². The molecule has 0 fully saturated rings. The van der Waals surface area contributed by atoms with Crippen molar-refractivity contribution in [2.45, 2.75) is 18.2 Å². The Morgan fingerprint density at radius 1 is 1.29 bits per heavy atom. The normalized spacial score (nSPS) is 12.7. The lowest BCUT2D eigenvalue weighted by molar-refractivity contribution is -0.274. The van der Waals surface area contributed by atoms with E-state index < -0.39 is 26.9 Å². The van der Waals surface area contributed by atoms with Crippen LogP contribution in [0.1, 0.15) is 10.4 Å². The van der Waals surface area contributed by atoms with Crippen molar-refractivity contribution in [1.29, 1.82) is 5.26 Å². The minimum absolute atomic E-state index is 0.293. The Kier molecular flexibility index (Phi) is 5.01. The molecule has 0 aliphatic carbocycles. The molecule has 0 radical (unpaired) electrons. The molecule has 0 N–H and O–H groups in total. The van der Waals surface area contributed by atoms with E-state index in [0.717, 1.165) is 29.8 Å². The molecule has 0 amide bonds. The molecular formula is C15H10F3NO3S2. The van der Waals surface area contributed by atoms with Crippen molar-refractivity contribution >= 4 is 27.3 Å². The number of nitriles is 1. The van der Waals surface area contributed by atoms with E-state index in [9.17, 15) is 21.6 Å². The maximum Gasteiger partial charge on any atom is 0.573 e. The van der Waals surface area contributed by atoms with Gasteiger partial charge in [-0.15, -0.1) is 24.5 Å².